The molecule has 7 heavy (non-hydrogen) atoms. The molecule has 0 saturated carbocycles. The summed E-state index contributed by atoms with van der Waals surface area (Å²) in [5, 5.41) is 7.12. The lowest BCUT2D eigenvalue weighted by molar-refractivity contribution is -0.208. The average Bonchev–Trinajstić information content (AvgIpc) is 1.35. The van der Waals surface area contributed by atoms with E-state index in [9.17, 15) is 13.2 Å². The third kappa shape index (κ3) is 10.7. The molecule has 0 aromatic heterocycles. The van der Waals surface area contributed by atoms with E-state index in [-0.39, 0.29) is 4.70 Å². The van der Waals surface area contributed by atoms with Crippen LogP contribution in [-0.4, -0.2) is 17.9 Å². The maximum atomic E-state index is 10.6. The van der Waals surface area contributed by atoms with Gasteiger partial charge in [0.1, 0.15) is 0 Å². The summed E-state index contributed by atoms with van der Waals surface area (Å²) in [5.74, 6) is 0. The predicted octanol–water partition coefficient (Wildman–Crippen LogP) is 0.694. The highest BCUT2D eigenvalue weighted by Crippen LogP contribution is 2.06. The molecule has 0 radical (unpaired) electrons. The second-order valence-corrected chi connectivity index (χ2v) is 0.799. The molecule has 1 N–H and O–H groups in total. The Morgan fingerprint density at radius 1 is 1.43 bits per heavy atom. The summed E-state index contributed by atoms with van der Waals surface area (Å²) >= 11 is 0. The smallest absolute Gasteiger partial charge is 0.334 e. The highest BCUT2D eigenvalue weighted by Gasteiger charge is 2.22. The number of alkyl halides is 3. The van der Waals surface area contributed by atoms with Gasteiger partial charge in [-0.25, -0.2) is 4.39 Å². The number of hydrogen-bond acceptors (Lipinski definition) is 1. The molecular weight excluding hydrogens is 116 g/mol. The van der Waals surface area contributed by atoms with E-state index in [4.69, 9.17) is 5.11 Å². The normalized spacial score (nSPS) is 10.3. The molecule has 5 heteroatoms. The third-order valence-corrected chi connectivity index (χ3v) is 0.161. The standard InChI is InChI=1S/C2H3F3O.FH/c3-1-2(4,5)6;/h6H,1H2;1H. The second-order valence-electron chi connectivity index (χ2n) is 0.799. The number of aliphatic hydroxyl groups is 1. The fraction of sp³-hybridized carbons (Fsp3) is 1.00. The molecule has 0 aliphatic rings. The van der Waals surface area contributed by atoms with Crippen molar-refractivity contribution in [2.24, 2.45) is 0 Å². The molecule has 0 unspecified atom stereocenters. The van der Waals surface area contributed by atoms with Crippen LogP contribution in [-0.2, 0) is 0 Å². The topological polar surface area (TPSA) is 20.2 Å². The van der Waals surface area contributed by atoms with Crippen molar-refractivity contribution in [3.8, 4) is 0 Å². The highest BCUT2D eigenvalue weighted by atomic mass is 19.3. The van der Waals surface area contributed by atoms with Gasteiger partial charge < -0.3 is 5.11 Å². The lowest BCUT2D eigenvalue weighted by atomic mass is 10.7. The second kappa shape index (κ2) is 2.79. The molecule has 0 bridgehead atoms. The van der Waals surface area contributed by atoms with Crippen LogP contribution in [0, 0.1) is 0 Å². The van der Waals surface area contributed by atoms with Crippen molar-refractivity contribution >= 4 is 0 Å². The van der Waals surface area contributed by atoms with Gasteiger partial charge in [0, 0.05) is 0 Å². The van der Waals surface area contributed by atoms with Gasteiger partial charge in [0.25, 0.3) is 0 Å². The number of halogens is 4. The molecule has 0 atom stereocenters. The molecule has 0 heterocycles. The van der Waals surface area contributed by atoms with E-state index in [1.54, 1.807) is 0 Å². The zero-order valence-corrected chi connectivity index (χ0v) is 3.20. The lowest BCUT2D eigenvalue weighted by Crippen LogP contribution is -2.15. The van der Waals surface area contributed by atoms with Crippen molar-refractivity contribution in [1.29, 1.82) is 0 Å². The maximum Gasteiger partial charge on any atom is 0.381 e. The number of rotatable bonds is 1. The minimum Gasteiger partial charge on any atom is -0.334 e. The first-order valence-corrected chi connectivity index (χ1v) is 1.22. The fourth-order valence-electron chi connectivity index (χ4n) is 0. The van der Waals surface area contributed by atoms with Crippen LogP contribution in [0.2, 0.25) is 0 Å². The number of hydrogen-bond donors (Lipinski definition) is 1. The van der Waals surface area contributed by atoms with Gasteiger partial charge >= 0.3 is 6.11 Å². The van der Waals surface area contributed by atoms with Crippen LogP contribution in [0.4, 0.5) is 17.9 Å². The quantitative estimate of drug-likeness (QED) is 0.505. The van der Waals surface area contributed by atoms with Gasteiger partial charge in [-0.1, -0.05) is 0 Å². The molecule has 1 nitrogen and oxygen atoms in total. The zero-order chi connectivity index (χ0) is 5.21. The molecule has 0 aliphatic heterocycles. The first-order valence-electron chi connectivity index (χ1n) is 1.22. The summed E-state index contributed by atoms with van der Waals surface area (Å²) in [7, 11) is 0. The Bertz CT molecular complexity index is 39.4. The van der Waals surface area contributed by atoms with Crippen molar-refractivity contribution in [1.82, 2.24) is 0 Å². The SMILES string of the molecule is F.OC(F)(F)CF. The van der Waals surface area contributed by atoms with Crippen LogP contribution in [0.1, 0.15) is 0 Å². The minimum absolute atomic E-state index is 0. The van der Waals surface area contributed by atoms with E-state index in [2.05, 4.69) is 0 Å². The van der Waals surface area contributed by atoms with Crippen molar-refractivity contribution in [2.75, 3.05) is 6.67 Å². The Balaban J connectivity index is 0. The Labute approximate surface area is 37.1 Å². The van der Waals surface area contributed by atoms with E-state index >= 15 is 0 Å². The van der Waals surface area contributed by atoms with Crippen molar-refractivity contribution in [2.45, 2.75) is 6.11 Å². The van der Waals surface area contributed by atoms with E-state index in [1.165, 1.54) is 0 Å². The third-order valence-electron chi connectivity index (χ3n) is 0.161. The van der Waals surface area contributed by atoms with Crippen molar-refractivity contribution < 1.29 is 23.0 Å². The van der Waals surface area contributed by atoms with Crippen molar-refractivity contribution in [3.63, 3.8) is 0 Å². The Kier molecular flexibility index (Phi) is 3.92. The monoisotopic (exact) mass is 120 g/mol. The van der Waals surface area contributed by atoms with Gasteiger partial charge in [0.05, 0.1) is 0 Å². The Hall–Kier alpha value is -0.320. The largest absolute Gasteiger partial charge is 0.381 e. The van der Waals surface area contributed by atoms with E-state index in [1.807, 2.05) is 0 Å². The molecule has 0 rings (SSSR count). The highest BCUT2D eigenvalue weighted by molar-refractivity contribution is 4.38. The lowest BCUT2D eigenvalue weighted by Gasteiger charge is -1.97. The van der Waals surface area contributed by atoms with Crippen LogP contribution in [0.25, 0.3) is 0 Å². The van der Waals surface area contributed by atoms with Gasteiger partial charge in [-0.15, -0.1) is 0 Å². The minimum atomic E-state index is -4.12. The van der Waals surface area contributed by atoms with Gasteiger partial charge in [-0.2, -0.15) is 8.78 Å². The van der Waals surface area contributed by atoms with E-state index in [0.717, 1.165) is 0 Å². The van der Waals surface area contributed by atoms with Crippen LogP contribution in [0.3, 0.4) is 0 Å². The first-order chi connectivity index (χ1) is 2.56. The van der Waals surface area contributed by atoms with Gasteiger partial charge in [0.15, 0.2) is 6.67 Å². The van der Waals surface area contributed by atoms with Gasteiger partial charge in [-0.3, -0.25) is 4.70 Å². The summed E-state index contributed by atoms with van der Waals surface area (Å²) in [6.45, 7) is -2.01. The average molecular weight is 120 g/mol. The summed E-state index contributed by atoms with van der Waals surface area (Å²) < 4.78 is 31.8. The first kappa shape index (κ1) is 9.84. The zero-order valence-electron chi connectivity index (χ0n) is 3.20. The molecular formula is C2H4F4O. The molecule has 0 amide bonds. The maximum absolute atomic E-state index is 10.6. The molecule has 0 fully saturated rings. The molecule has 0 aromatic carbocycles. The van der Waals surface area contributed by atoms with Gasteiger partial charge in [-0.05, 0) is 0 Å². The summed E-state index contributed by atoms with van der Waals surface area (Å²) in [6, 6.07) is 0. The molecule has 0 aromatic rings. The summed E-state index contributed by atoms with van der Waals surface area (Å²) in [6.07, 6.45) is -4.12. The van der Waals surface area contributed by atoms with Gasteiger partial charge in [0.2, 0.25) is 0 Å². The van der Waals surface area contributed by atoms with Crippen LogP contribution in [0.5, 0.6) is 0 Å². The van der Waals surface area contributed by atoms with Crippen LogP contribution < -0.4 is 0 Å². The Morgan fingerprint density at radius 2 is 1.57 bits per heavy atom. The summed E-state index contributed by atoms with van der Waals surface area (Å²) in [4.78, 5) is 0. The van der Waals surface area contributed by atoms with E-state index < -0.39 is 12.8 Å². The predicted molar refractivity (Wildman–Crippen MR) is 15.6 cm³/mol. The van der Waals surface area contributed by atoms with E-state index in [0.29, 0.717) is 0 Å². The molecule has 46 valence electrons. The van der Waals surface area contributed by atoms with Crippen LogP contribution >= 0.6 is 0 Å². The van der Waals surface area contributed by atoms with Crippen molar-refractivity contribution in [3.05, 3.63) is 0 Å². The Morgan fingerprint density at radius 3 is 1.57 bits per heavy atom. The van der Waals surface area contributed by atoms with Crippen LogP contribution in [0.15, 0.2) is 0 Å². The fourth-order valence-corrected chi connectivity index (χ4v) is 0. The summed E-state index contributed by atoms with van der Waals surface area (Å²) in [5.41, 5.74) is 0. The molecule has 0 spiro atoms. The molecule has 0 saturated heterocycles. The molecule has 0 aliphatic carbocycles.